The second kappa shape index (κ2) is 5.42. The summed E-state index contributed by atoms with van der Waals surface area (Å²) < 4.78 is 5.44. The summed E-state index contributed by atoms with van der Waals surface area (Å²) >= 11 is 0. The molecule has 0 radical (unpaired) electrons. The van der Waals surface area contributed by atoms with E-state index in [0.717, 1.165) is 30.8 Å². The van der Waals surface area contributed by atoms with Gasteiger partial charge in [0.05, 0.1) is 13.7 Å². The number of para-hydroxylation sites is 1. The molecule has 2 unspecified atom stereocenters. The van der Waals surface area contributed by atoms with Gasteiger partial charge in [-0.25, -0.2) is 0 Å². The zero-order chi connectivity index (χ0) is 14.1. The smallest absolute Gasteiger partial charge is 0.238 e. The molecule has 2 aliphatic rings. The summed E-state index contributed by atoms with van der Waals surface area (Å²) in [6.07, 6.45) is 0.963. The topological polar surface area (TPSA) is 44.8 Å². The molecule has 2 saturated heterocycles. The standard InChI is InChI=1S/C15H21N3O2/c1-17-8-7-11(10-17)18-14(19)9-16-15(18)12-5-3-4-6-13(12)20-2/h3-6,11,15-16H,7-10H2,1-2H3. The van der Waals surface area contributed by atoms with Crippen molar-refractivity contribution in [2.24, 2.45) is 0 Å². The number of nitrogens with zero attached hydrogens (tertiary/aromatic N) is 2. The first kappa shape index (κ1) is 13.4. The van der Waals surface area contributed by atoms with Crippen molar-refractivity contribution in [3.63, 3.8) is 0 Å². The van der Waals surface area contributed by atoms with Crippen LogP contribution in [0.25, 0.3) is 0 Å². The fourth-order valence-electron chi connectivity index (χ4n) is 3.22. The number of hydrogen-bond acceptors (Lipinski definition) is 4. The first-order chi connectivity index (χ1) is 9.70. The van der Waals surface area contributed by atoms with E-state index >= 15 is 0 Å². The van der Waals surface area contributed by atoms with Gasteiger partial charge in [-0.05, 0) is 26.1 Å². The Hall–Kier alpha value is -1.59. The number of likely N-dealkylation sites (tertiary alicyclic amines) is 1. The molecule has 108 valence electrons. The van der Waals surface area contributed by atoms with Gasteiger partial charge in [-0.1, -0.05) is 18.2 Å². The molecule has 2 heterocycles. The minimum absolute atomic E-state index is 0.0739. The van der Waals surface area contributed by atoms with Gasteiger partial charge in [0.25, 0.3) is 0 Å². The average molecular weight is 275 g/mol. The fourth-order valence-corrected chi connectivity index (χ4v) is 3.22. The van der Waals surface area contributed by atoms with Crippen LogP contribution < -0.4 is 10.1 Å². The molecule has 3 rings (SSSR count). The van der Waals surface area contributed by atoms with Gasteiger partial charge in [0.15, 0.2) is 0 Å². The fraction of sp³-hybridized carbons (Fsp3) is 0.533. The van der Waals surface area contributed by atoms with Crippen LogP contribution >= 0.6 is 0 Å². The highest BCUT2D eigenvalue weighted by atomic mass is 16.5. The molecule has 2 atom stereocenters. The average Bonchev–Trinajstić information content (AvgIpc) is 3.04. The second-order valence-corrected chi connectivity index (χ2v) is 5.53. The van der Waals surface area contributed by atoms with Crippen LogP contribution in [0.3, 0.4) is 0 Å². The third-order valence-corrected chi connectivity index (χ3v) is 4.21. The monoisotopic (exact) mass is 275 g/mol. The number of methoxy groups -OCH3 is 1. The van der Waals surface area contributed by atoms with Crippen molar-refractivity contribution in [2.45, 2.75) is 18.6 Å². The van der Waals surface area contributed by atoms with Crippen LogP contribution in [0.5, 0.6) is 5.75 Å². The number of nitrogens with one attached hydrogen (secondary N) is 1. The van der Waals surface area contributed by atoms with E-state index in [1.54, 1.807) is 7.11 Å². The molecule has 0 aliphatic carbocycles. The summed E-state index contributed by atoms with van der Waals surface area (Å²) in [5, 5.41) is 3.32. The van der Waals surface area contributed by atoms with Crippen molar-refractivity contribution >= 4 is 5.91 Å². The summed E-state index contributed by atoms with van der Waals surface area (Å²) in [4.78, 5) is 16.5. The summed E-state index contributed by atoms with van der Waals surface area (Å²) in [6, 6.07) is 8.20. The Morgan fingerprint density at radius 2 is 2.15 bits per heavy atom. The number of rotatable bonds is 3. The zero-order valence-electron chi connectivity index (χ0n) is 12.0. The van der Waals surface area contributed by atoms with E-state index in [-0.39, 0.29) is 18.1 Å². The van der Waals surface area contributed by atoms with Crippen molar-refractivity contribution in [1.82, 2.24) is 15.1 Å². The Morgan fingerprint density at radius 3 is 2.85 bits per heavy atom. The van der Waals surface area contributed by atoms with Gasteiger partial charge in [-0.3, -0.25) is 10.1 Å². The Kier molecular flexibility index (Phi) is 3.63. The minimum atomic E-state index is -0.0739. The van der Waals surface area contributed by atoms with Gasteiger partial charge in [-0.15, -0.1) is 0 Å². The predicted molar refractivity (Wildman–Crippen MR) is 76.5 cm³/mol. The molecule has 5 nitrogen and oxygen atoms in total. The highest BCUT2D eigenvalue weighted by molar-refractivity contribution is 5.81. The van der Waals surface area contributed by atoms with E-state index in [0.29, 0.717) is 6.54 Å². The number of carbonyl (C=O) groups is 1. The Labute approximate surface area is 119 Å². The molecule has 0 spiro atoms. The number of benzene rings is 1. The van der Waals surface area contributed by atoms with Crippen LogP contribution in [-0.4, -0.2) is 55.5 Å². The molecule has 1 aromatic rings. The number of ether oxygens (including phenoxy) is 1. The van der Waals surface area contributed by atoms with E-state index in [2.05, 4.69) is 17.3 Å². The van der Waals surface area contributed by atoms with Crippen molar-refractivity contribution in [3.8, 4) is 5.75 Å². The molecule has 2 fully saturated rings. The maximum absolute atomic E-state index is 12.3. The van der Waals surface area contributed by atoms with Gasteiger partial charge < -0.3 is 14.5 Å². The van der Waals surface area contributed by atoms with Gasteiger partial charge in [0.2, 0.25) is 5.91 Å². The highest BCUT2D eigenvalue weighted by Crippen LogP contribution is 2.33. The number of carbonyl (C=O) groups excluding carboxylic acids is 1. The lowest BCUT2D eigenvalue weighted by Crippen LogP contribution is -2.41. The zero-order valence-corrected chi connectivity index (χ0v) is 12.0. The van der Waals surface area contributed by atoms with Gasteiger partial charge >= 0.3 is 0 Å². The van der Waals surface area contributed by atoms with Crippen LogP contribution in [0, 0.1) is 0 Å². The molecular formula is C15H21N3O2. The first-order valence-electron chi connectivity index (χ1n) is 7.06. The van der Waals surface area contributed by atoms with Crippen LogP contribution in [0.1, 0.15) is 18.2 Å². The molecule has 0 bridgehead atoms. The number of likely N-dealkylation sites (N-methyl/N-ethyl adjacent to an activating group) is 1. The maximum atomic E-state index is 12.3. The van der Waals surface area contributed by atoms with Crippen molar-refractivity contribution < 1.29 is 9.53 Å². The normalized spacial score (nSPS) is 27.3. The van der Waals surface area contributed by atoms with E-state index in [9.17, 15) is 4.79 Å². The lowest BCUT2D eigenvalue weighted by Gasteiger charge is -2.31. The highest BCUT2D eigenvalue weighted by Gasteiger charge is 2.39. The first-order valence-corrected chi connectivity index (χ1v) is 7.06. The number of amides is 1. The Bertz CT molecular complexity index is 506. The van der Waals surface area contributed by atoms with Crippen molar-refractivity contribution in [1.29, 1.82) is 0 Å². The van der Waals surface area contributed by atoms with Crippen LogP contribution in [0.15, 0.2) is 24.3 Å². The molecular weight excluding hydrogens is 254 g/mol. The third kappa shape index (κ3) is 2.27. The second-order valence-electron chi connectivity index (χ2n) is 5.53. The molecule has 1 amide bonds. The Morgan fingerprint density at radius 1 is 1.35 bits per heavy atom. The van der Waals surface area contributed by atoms with E-state index in [4.69, 9.17) is 4.74 Å². The quantitative estimate of drug-likeness (QED) is 0.887. The summed E-state index contributed by atoms with van der Waals surface area (Å²) in [7, 11) is 3.77. The molecule has 1 aromatic carbocycles. The summed E-state index contributed by atoms with van der Waals surface area (Å²) in [5.41, 5.74) is 1.04. The Balaban J connectivity index is 1.89. The summed E-state index contributed by atoms with van der Waals surface area (Å²) in [5.74, 6) is 1.01. The lowest BCUT2D eigenvalue weighted by molar-refractivity contribution is -0.130. The van der Waals surface area contributed by atoms with E-state index < -0.39 is 0 Å². The summed E-state index contributed by atoms with van der Waals surface area (Å²) in [6.45, 7) is 2.40. The van der Waals surface area contributed by atoms with Gasteiger partial charge in [0, 0.05) is 18.2 Å². The predicted octanol–water partition coefficient (Wildman–Crippen LogP) is 0.830. The van der Waals surface area contributed by atoms with E-state index in [1.807, 2.05) is 29.2 Å². The molecule has 5 heteroatoms. The maximum Gasteiger partial charge on any atom is 0.238 e. The third-order valence-electron chi connectivity index (χ3n) is 4.21. The van der Waals surface area contributed by atoms with Gasteiger partial charge in [-0.2, -0.15) is 0 Å². The van der Waals surface area contributed by atoms with Crippen LogP contribution in [-0.2, 0) is 4.79 Å². The SMILES string of the molecule is COc1ccccc1C1NCC(=O)N1C1CCN(C)C1. The van der Waals surface area contributed by atoms with E-state index in [1.165, 1.54) is 0 Å². The van der Waals surface area contributed by atoms with Crippen molar-refractivity contribution in [3.05, 3.63) is 29.8 Å². The minimum Gasteiger partial charge on any atom is -0.496 e. The lowest BCUT2D eigenvalue weighted by atomic mass is 10.1. The van der Waals surface area contributed by atoms with Crippen molar-refractivity contribution in [2.75, 3.05) is 33.8 Å². The molecule has 0 saturated carbocycles. The molecule has 2 aliphatic heterocycles. The van der Waals surface area contributed by atoms with Gasteiger partial charge in [0.1, 0.15) is 11.9 Å². The van der Waals surface area contributed by atoms with Crippen LogP contribution in [0.4, 0.5) is 0 Å². The number of hydrogen-bond donors (Lipinski definition) is 1. The molecule has 20 heavy (non-hydrogen) atoms. The molecule has 0 aromatic heterocycles. The largest absolute Gasteiger partial charge is 0.496 e. The van der Waals surface area contributed by atoms with Crippen LogP contribution in [0.2, 0.25) is 0 Å². The molecule has 1 N–H and O–H groups in total.